The van der Waals surface area contributed by atoms with Crippen molar-refractivity contribution in [1.29, 1.82) is 0 Å². The third-order valence-corrected chi connectivity index (χ3v) is 4.75. The molecule has 1 aliphatic rings. The van der Waals surface area contributed by atoms with Crippen molar-refractivity contribution in [2.45, 2.75) is 32.2 Å². The fourth-order valence-electron chi connectivity index (χ4n) is 2.87. The first-order chi connectivity index (χ1) is 10.6. The van der Waals surface area contributed by atoms with Gasteiger partial charge in [-0.15, -0.1) is 12.4 Å². The van der Waals surface area contributed by atoms with E-state index < -0.39 is 0 Å². The predicted molar refractivity (Wildman–Crippen MR) is 98.1 cm³/mol. The largest absolute Gasteiger partial charge is 0.343 e. The highest BCUT2D eigenvalue weighted by atomic mass is 79.9. The topological polar surface area (TPSA) is 54.3 Å². The number of nitrogens with zero attached hydrogens (tertiary/aromatic N) is 2. The average Bonchev–Trinajstić information content (AvgIpc) is 2.54. The van der Waals surface area contributed by atoms with Crippen molar-refractivity contribution in [2.24, 2.45) is 5.92 Å². The van der Waals surface area contributed by atoms with Gasteiger partial charge in [0.15, 0.2) is 0 Å². The lowest BCUT2D eigenvalue weighted by atomic mass is 9.93. The zero-order valence-corrected chi connectivity index (χ0v) is 15.9. The van der Waals surface area contributed by atoms with Gasteiger partial charge in [-0.25, -0.2) is 0 Å². The number of likely N-dealkylation sites (tertiary alicyclic amines) is 1. The molecule has 5 nitrogen and oxygen atoms in total. The molecule has 2 rings (SSSR count). The van der Waals surface area contributed by atoms with Crippen LogP contribution in [0.2, 0.25) is 0 Å². The van der Waals surface area contributed by atoms with E-state index in [1.807, 2.05) is 11.9 Å². The van der Waals surface area contributed by atoms with Crippen molar-refractivity contribution < 1.29 is 4.79 Å². The molecule has 1 fully saturated rings. The number of halogens is 2. The highest BCUT2D eigenvalue weighted by molar-refractivity contribution is 9.10. The minimum absolute atomic E-state index is 0. The molecule has 0 spiro atoms. The Morgan fingerprint density at radius 1 is 1.35 bits per heavy atom. The fourth-order valence-corrected chi connectivity index (χ4v) is 3.25. The summed E-state index contributed by atoms with van der Waals surface area (Å²) in [6.07, 6.45) is 5.48. The number of pyridine rings is 1. The molecule has 0 unspecified atom stereocenters. The number of hydrogen-bond acceptors (Lipinski definition) is 3. The van der Waals surface area contributed by atoms with E-state index in [2.05, 4.69) is 21.2 Å². The number of amides is 1. The standard InChI is InChI=1S/C16H24BrN3O2.ClH/c1-18-8-4-13-5-9-19(10-6-13)16(22)7-11-20-12-14(17)2-3-15(20)21;/h2-3,12-13,18H,4-11H2,1H3;1H. The number of rotatable bonds is 6. The highest BCUT2D eigenvalue weighted by Gasteiger charge is 2.22. The fraction of sp³-hybridized carbons (Fsp3) is 0.625. The molecule has 0 atom stereocenters. The number of nitrogens with one attached hydrogen (secondary N) is 1. The van der Waals surface area contributed by atoms with E-state index in [0.29, 0.717) is 13.0 Å². The summed E-state index contributed by atoms with van der Waals surface area (Å²) >= 11 is 3.35. The number of aromatic nitrogens is 1. The molecule has 1 aliphatic heterocycles. The Balaban J connectivity index is 0.00000264. The van der Waals surface area contributed by atoms with Crippen LogP contribution < -0.4 is 10.9 Å². The Hall–Kier alpha value is -0.850. The van der Waals surface area contributed by atoms with Crippen LogP contribution in [0.5, 0.6) is 0 Å². The third kappa shape index (κ3) is 6.28. The lowest BCUT2D eigenvalue weighted by Gasteiger charge is -2.32. The summed E-state index contributed by atoms with van der Waals surface area (Å²) in [5.74, 6) is 0.878. The predicted octanol–water partition coefficient (Wildman–Crippen LogP) is 2.27. The number of aryl methyl sites for hydroxylation is 1. The van der Waals surface area contributed by atoms with Gasteiger partial charge in [-0.2, -0.15) is 0 Å². The molecule has 1 saturated heterocycles. The normalized spacial score (nSPS) is 15.3. The summed E-state index contributed by atoms with van der Waals surface area (Å²) in [5.41, 5.74) is -0.0678. The molecule has 1 N–H and O–H groups in total. The zero-order chi connectivity index (χ0) is 15.9. The SMILES string of the molecule is CNCCC1CCN(C(=O)CCn2cc(Br)ccc2=O)CC1.Cl. The van der Waals surface area contributed by atoms with Crippen LogP contribution >= 0.6 is 28.3 Å². The third-order valence-electron chi connectivity index (χ3n) is 4.28. The smallest absolute Gasteiger partial charge is 0.250 e. The maximum Gasteiger partial charge on any atom is 0.250 e. The van der Waals surface area contributed by atoms with Gasteiger partial charge in [0.25, 0.3) is 5.56 Å². The second-order valence-corrected chi connectivity index (χ2v) is 6.76. The first kappa shape index (κ1) is 20.2. The summed E-state index contributed by atoms with van der Waals surface area (Å²) in [7, 11) is 1.97. The highest BCUT2D eigenvalue weighted by Crippen LogP contribution is 2.20. The van der Waals surface area contributed by atoms with Crippen LogP contribution in [0.1, 0.15) is 25.7 Å². The molecular formula is C16H25BrClN3O2. The van der Waals surface area contributed by atoms with Gasteiger partial charge >= 0.3 is 0 Å². The van der Waals surface area contributed by atoms with Crippen LogP contribution in [0.3, 0.4) is 0 Å². The van der Waals surface area contributed by atoms with Crippen LogP contribution in [0.15, 0.2) is 27.6 Å². The van der Waals surface area contributed by atoms with Crippen molar-refractivity contribution in [3.8, 4) is 0 Å². The Morgan fingerprint density at radius 2 is 2.04 bits per heavy atom. The maximum absolute atomic E-state index is 12.3. The molecule has 130 valence electrons. The van der Waals surface area contributed by atoms with E-state index >= 15 is 0 Å². The van der Waals surface area contributed by atoms with E-state index in [0.717, 1.165) is 42.9 Å². The van der Waals surface area contributed by atoms with Crippen molar-refractivity contribution in [3.63, 3.8) is 0 Å². The molecule has 2 heterocycles. The summed E-state index contributed by atoms with van der Waals surface area (Å²) in [6, 6.07) is 3.23. The molecule has 23 heavy (non-hydrogen) atoms. The average molecular weight is 407 g/mol. The van der Waals surface area contributed by atoms with Crippen LogP contribution in [-0.2, 0) is 11.3 Å². The van der Waals surface area contributed by atoms with Crippen LogP contribution in [0.4, 0.5) is 0 Å². The lowest BCUT2D eigenvalue weighted by Crippen LogP contribution is -2.39. The first-order valence-corrected chi connectivity index (χ1v) is 8.68. The molecular weight excluding hydrogens is 382 g/mol. The van der Waals surface area contributed by atoms with E-state index in [9.17, 15) is 9.59 Å². The number of carbonyl (C=O) groups is 1. The molecule has 0 saturated carbocycles. The Morgan fingerprint density at radius 3 is 2.70 bits per heavy atom. The van der Waals surface area contributed by atoms with Crippen LogP contribution in [-0.4, -0.2) is 42.1 Å². The molecule has 1 amide bonds. The molecule has 7 heteroatoms. The minimum atomic E-state index is -0.0678. The van der Waals surface area contributed by atoms with Gasteiger partial charge < -0.3 is 14.8 Å². The van der Waals surface area contributed by atoms with Gasteiger partial charge in [0.1, 0.15) is 0 Å². The van der Waals surface area contributed by atoms with E-state index in [1.165, 1.54) is 12.5 Å². The number of carbonyl (C=O) groups excluding carboxylic acids is 1. The van der Waals surface area contributed by atoms with Crippen LogP contribution in [0, 0.1) is 5.92 Å². The van der Waals surface area contributed by atoms with Gasteiger partial charge in [0.05, 0.1) is 0 Å². The van der Waals surface area contributed by atoms with Gasteiger partial charge in [-0.1, -0.05) is 0 Å². The number of hydrogen-bond donors (Lipinski definition) is 1. The van der Waals surface area contributed by atoms with Gasteiger partial charge in [0.2, 0.25) is 5.91 Å². The zero-order valence-electron chi connectivity index (χ0n) is 13.5. The van der Waals surface area contributed by atoms with E-state index in [4.69, 9.17) is 0 Å². The summed E-state index contributed by atoms with van der Waals surface area (Å²) in [6.45, 7) is 3.18. The summed E-state index contributed by atoms with van der Waals surface area (Å²) in [4.78, 5) is 25.9. The lowest BCUT2D eigenvalue weighted by molar-refractivity contribution is -0.132. The quantitative estimate of drug-likeness (QED) is 0.788. The molecule has 0 aromatic carbocycles. The monoisotopic (exact) mass is 405 g/mol. The molecule has 1 aromatic heterocycles. The van der Waals surface area contributed by atoms with Gasteiger partial charge in [-0.3, -0.25) is 9.59 Å². The van der Waals surface area contributed by atoms with Crippen molar-refractivity contribution >= 4 is 34.2 Å². The number of piperidine rings is 1. The van der Waals surface area contributed by atoms with Crippen LogP contribution in [0.25, 0.3) is 0 Å². The van der Waals surface area contributed by atoms with E-state index in [1.54, 1.807) is 16.8 Å². The second kappa shape index (κ2) is 10.1. The van der Waals surface area contributed by atoms with Gasteiger partial charge in [-0.05, 0) is 60.8 Å². The molecule has 1 aromatic rings. The minimum Gasteiger partial charge on any atom is -0.343 e. The van der Waals surface area contributed by atoms with Gasteiger partial charge in [0, 0.05) is 42.8 Å². The Kier molecular flexibility index (Phi) is 8.87. The van der Waals surface area contributed by atoms with E-state index in [-0.39, 0.29) is 23.9 Å². The Bertz CT molecular complexity index is 557. The van der Waals surface area contributed by atoms with Crippen molar-refractivity contribution in [3.05, 3.63) is 33.2 Å². The summed E-state index contributed by atoms with van der Waals surface area (Å²) < 4.78 is 2.44. The summed E-state index contributed by atoms with van der Waals surface area (Å²) in [5, 5.41) is 3.18. The maximum atomic E-state index is 12.3. The molecule has 0 radical (unpaired) electrons. The van der Waals surface area contributed by atoms with Crippen molar-refractivity contribution in [2.75, 3.05) is 26.7 Å². The Labute approximate surface area is 152 Å². The molecule has 0 aliphatic carbocycles. The van der Waals surface area contributed by atoms with Crippen molar-refractivity contribution in [1.82, 2.24) is 14.8 Å². The second-order valence-electron chi connectivity index (χ2n) is 5.85. The first-order valence-electron chi connectivity index (χ1n) is 7.88. The molecule has 0 bridgehead atoms.